The maximum Gasteiger partial charge on any atom is 0.341 e. The van der Waals surface area contributed by atoms with Crippen LogP contribution >= 0.6 is 24.0 Å². The van der Waals surface area contributed by atoms with E-state index in [1.165, 1.54) is 39.2 Å². The zero-order valence-corrected chi connectivity index (χ0v) is 17.7. The second-order valence-electron chi connectivity index (χ2n) is 6.32. The molecule has 1 aromatic rings. The summed E-state index contributed by atoms with van der Waals surface area (Å²) in [4.78, 5) is 15.8. The number of ether oxygens (including phenoxy) is 1. The van der Waals surface area contributed by atoms with Gasteiger partial charge < -0.3 is 19.8 Å². The summed E-state index contributed by atoms with van der Waals surface area (Å²) >= 11 is 0. The first-order chi connectivity index (χ1) is 11.6. The molecule has 0 atom stereocenters. The van der Waals surface area contributed by atoms with Crippen LogP contribution in [0.5, 0.6) is 0 Å². The summed E-state index contributed by atoms with van der Waals surface area (Å²) in [6.07, 6.45) is 8.05. The van der Waals surface area contributed by atoms with E-state index in [9.17, 15) is 4.79 Å². The van der Waals surface area contributed by atoms with E-state index in [4.69, 9.17) is 9.15 Å². The Morgan fingerprint density at radius 2 is 2.08 bits per heavy atom. The van der Waals surface area contributed by atoms with Gasteiger partial charge in [-0.1, -0.05) is 25.7 Å². The smallest absolute Gasteiger partial charge is 0.341 e. The molecule has 0 saturated heterocycles. The third kappa shape index (κ3) is 6.87. The SMILES string of the molecule is CN=C(NCCCC1CCCC1)NCc1cc(C(=O)OC)c(C)o1.I. The molecule has 0 spiro atoms. The Labute approximate surface area is 167 Å². The van der Waals surface area contributed by atoms with Crippen LogP contribution in [0.4, 0.5) is 0 Å². The summed E-state index contributed by atoms with van der Waals surface area (Å²) in [6, 6.07) is 1.71. The van der Waals surface area contributed by atoms with Crippen molar-refractivity contribution in [2.45, 2.75) is 52.0 Å². The second kappa shape index (κ2) is 11.4. The lowest BCUT2D eigenvalue weighted by molar-refractivity contribution is 0.0599. The van der Waals surface area contributed by atoms with Crippen LogP contribution in [-0.4, -0.2) is 32.6 Å². The van der Waals surface area contributed by atoms with Crippen LogP contribution in [0.1, 0.15) is 60.4 Å². The molecule has 0 aliphatic heterocycles. The molecule has 1 aliphatic carbocycles. The highest BCUT2D eigenvalue weighted by molar-refractivity contribution is 14.0. The number of carbonyl (C=O) groups excluding carboxylic acids is 1. The first-order valence-electron chi connectivity index (χ1n) is 8.76. The minimum absolute atomic E-state index is 0. The third-order valence-corrected chi connectivity index (χ3v) is 4.58. The van der Waals surface area contributed by atoms with Crippen LogP contribution in [0.25, 0.3) is 0 Å². The highest BCUT2D eigenvalue weighted by Gasteiger charge is 2.16. The fourth-order valence-corrected chi connectivity index (χ4v) is 3.23. The van der Waals surface area contributed by atoms with E-state index in [1.54, 1.807) is 20.0 Å². The highest BCUT2D eigenvalue weighted by Crippen LogP contribution is 2.28. The molecule has 2 N–H and O–H groups in total. The first kappa shape index (κ1) is 21.8. The normalized spacial score (nSPS) is 14.9. The van der Waals surface area contributed by atoms with Crippen LogP contribution < -0.4 is 10.6 Å². The number of aryl methyl sites for hydroxylation is 1. The minimum atomic E-state index is -0.378. The Bertz CT molecular complexity index is 566. The molecule has 1 heterocycles. The summed E-state index contributed by atoms with van der Waals surface area (Å²) in [5.74, 6) is 2.54. The molecule has 142 valence electrons. The standard InChI is InChI=1S/C18H29N3O3.HI/c1-13-16(17(22)23-3)11-15(24-13)12-21-18(19-2)20-10-6-9-14-7-4-5-8-14;/h11,14H,4-10,12H2,1-3H3,(H2,19,20,21);1H. The summed E-state index contributed by atoms with van der Waals surface area (Å²) in [5.41, 5.74) is 0.466. The van der Waals surface area contributed by atoms with Crippen LogP contribution in [0.2, 0.25) is 0 Å². The number of rotatable bonds is 7. The van der Waals surface area contributed by atoms with Gasteiger partial charge in [-0.3, -0.25) is 4.99 Å². The van der Waals surface area contributed by atoms with E-state index in [2.05, 4.69) is 15.6 Å². The molecule has 1 aliphatic rings. The van der Waals surface area contributed by atoms with Crippen molar-refractivity contribution in [2.24, 2.45) is 10.9 Å². The molecule has 6 nitrogen and oxygen atoms in total. The van der Waals surface area contributed by atoms with Crippen LogP contribution in [0.3, 0.4) is 0 Å². The number of nitrogens with one attached hydrogen (secondary N) is 2. The zero-order valence-electron chi connectivity index (χ0n) is 15.4. The van der Waals surface area contributed by atoms with E-state index in [0.29, 0.717) is 23.6 Å². The van der Waals surface area contributed by atoms with Gasteiger partial charge in [-0.25, -0.2) is 4.79 Å². The lowest BCUT2D eigenvalue weighted by Crippen LogP contribution is -2.37. The fourth-order valence-electron chi connectivity index (χ4n) is 3.23. The van der Waals surface area contributed by atoms with Gasteiger partial charge in [0.2, 0.25) is 0 Å². The lowest BCUT2D eigenvalue weighted by atomic mass is 10.0. The molecule has 2 rings (SSSR count). The molecule has 1 fully saturated rings. The first-order valence-corrected chi connectivity index (χ1v) is 8.76. The summed E-state index contributed by atoms with van der Waals surface area (Å²) in [5, 5.41) is 6.53. The quantitative estimate of drug-likeness (QED) is 0.212. The molecule has 7 heteroatoms. The van der Waals surface area contributed by atoms with Crippen molar-refractivity contribution in [1.29, 1.82) is 0 Å². The van der Waals surface area contributed by atoms with Crippen molar-refractivity contribution in [3.8, 4) is 0 Å². The van der Waals surface area contributed by atoms with Crippen LogP contribution in [0.15, 0.2) is 15.5 Å². The number of carbonyl (C=O) groups is 1. The van der Waals surface area contributed by atoms with Crippen molar-refractivity contribution in [3.05, 3.63) is 23.2 Å². The maximum atomic E-state index is 11.6. The Morgan fingerprint density at radius 1 is 1.36 bits per heavy atom. The van der Waals surface area contributed by atoms with Gasteiger partial charge in [0.05, 0.1) is 13.7 Å². The van der Waals surface area contributed by atoms with Gasteiger partial charge in [-0.2, -0.15) is 0 Å². The second-order valence-corrected chi connectivity index (χ2v) is 6.32. The van der Waals surface area contributed by atoms with Gasteiger partial charge in [0.15, 0.2) is 5.96 Å². The summed E-state index contributed by atoms with van der Waals surface area (Å²) < 4.78 is 10.3. The highest BCUT2D eigenvalue weighted by atomic mass is 127. The number of esters is 1. The van der Waals surface area contributed by atoms with Crippen LogP contribution in [-0.2, 0) is 11.3 Å². The van der Waals surface area contributed by atoms with E-state index in [1.807, 2.05) is 0 Å². The molecular weight excluding hydrogens is 433 g/mol. The fraction of sp³-hybridized carbons (Fsp3) is 0.667. The van der Waals surface area contributed by atoms with Gasteiger partial charge in [0.25, 0.3) is 0 Å². The van der Waals surface area contributed by atoms with E-state index in [-0.39, 0.29) is 29.9 Å². The lowest BCUT2D eigenvalue weighted by Gasteiger charge is -2.12. The van der Waals surface area contributed by atoms with Crippen molar-refractivity contribution in [2.75, 3.05) is 20.7 Å². The van der Waals surface area contributed by atoms with Gasteiger partial charge in [-0.05, 0) is 31.7 Å². The maximum absolute atomic E-state index is 11.6. The number of nitrogens with zero attached hydrogens (tertiary/aromatic N) is 1. The van der Waals surface area contributed by atoms with Crippen LogP contribution in [0, 0.1) is 12.8 Å². The Kier molecular flexibility index (Phi) is 9.92. The predicted molar refractivity (Wildman–Crippen MR) is 110 cm³/mol. The van der Waals surface area contributed by atoms with Crippen molar-refractivity contribution in [1.82, 2.24) is 10.6 Å². The average Bonchev–Trinajstić information content (AvgIpc) is 3.23. The zero-order chi connectivity index (χ0) is 17.4. The molecule has 0 radical (unpaired) electrons. The Morgan fingerprint density at radius 3 is 2.72 bits per heavy atom. The van der Waals surface area contributed by atoms with Crippen molar-refractivity contribution in [3.63, 3.8) is 0 Å². The molecule has 0 bridgehead atoms. The topological polar surface area (TPSA) is 75.9 Å². The number of guanidine groups is 1. The van der Waals surface area contributed by atoms with Crippen molar-refractivity contribution < 1.29 is 13.9 Å². The minimum Gasteiger partial charge on any atom is -0.465 e. The number of furan rings is 1. The monoisotopic (exact) mass is 463 g/mol. The molecule has 1 saturated carbocycles. The Balaban J connectivity index is 0.00000312. The number of hydrogen-bond donors (Lipinski definition) is 2. The van der Waals surface area contributed by atoms with Gasteiger partial charge in [-0.15, -0.1) is 24.0 Å². The summed E-state index contributed by atoms with van der Waals surface area (Å²) in [7, 11) is 3.11. The van der Waals surface area contributed by atoms with E-state index in [0.717, 1.165) is 24.8 Å². The molecule has 0 unspecified atom stereocenters. The third-order valence-electron chi connectivity index (χ3n) is 4.58. The van der Waals surface area contributed by atoms with E-state index >= 15 is 0 Å². The van der Waals surface area contributed by atoms with E-state index < -0.39 is 0 Å². The molecule has 1 aromatic heterocycles. The summed E-state index contributed by atoms with van der Waals surface area (Å²) in [6.45, 7) is 3.15. The van der Waals surface area contributed by atoms with Gasteiger partial charge >= 0.3 is 5.97 Å². The van der Waals surface area contributed by atoms with Gasteiger partial charge in [0, 0.05) is 13.6 Å². The molecule has 0 aromatic carbocycles. The van der Waals surface area contributed by atoms with Crippen molar-refractivity contribution >= 4 is 35.9 Å². The number of halogens is 1. The number of hydrogen-bond acceptors (Lipinski definition) is 4. The largest absolute Gasteiger partial charge is 0.465 e. The average molecular weight is 463 g/mol. The number of aliphatic imine (C=N–C) groups is 1. The predicted octanol–water partition coefficient (Wildman–Crippen LogP) is 3.63. The number of methoxy groups -OCH3 is 1. The molecule has 25 heavy (non-hydrogen) atoms. The molecule has 0 amide bonds. The Hall–Kier alpha value is -1.25. The molecular formula is C18H30IN3O3. The van der Waals surface area contributed by atoms with Gasteiger partial charge in [0.1, 0.15) is 17.1 Å².